The molecule has 1 rings (SSSR count). The molecule has 0 radical (unpaired) electrons. The summed E-state index contributed by atoms with van der Waals surface area (Å²) < 4.78 is 4.55. The van der Waals surface area contributed by atoms with Crippen molar-refractivity contribution in [2.45, 2.75) is 26.2 Å². The number of carboxylic acid groups (broad SMARTS) is 1. The van der Waals surface area contributed by atoms with E-state index in [4.69, 9.17) is 0 Å². The predicted molar refractivity (Wildman–Crippen MR) is 51.1 cm³/mol. The van der Waals surface area contributed by atoms with Gasteiger partial charge in [0.2, 0.25) is 0 Å². The second kappa shape index (κ2) is 5.27. The lowest BCUT2D eigenvalue weighted by atomic mass is 10.1. The highest BCUT2D eigenvalue weighted by molar-refractivity contribution is 5.59. The molecule has 0 atom stereocenters. The summed E-state index contributed by atoms with van der Waals surface area (Å²) in [5, 5.41) is 10.3. The molecule has 0 N–H and O–H groups in total. The van der Waals surface area contributed by atoms with Crippen LogP contribution in [-0.4, -0.2) is 6.16 Å². The van der Waals surface area contributed by atoms with Gasteiger partial charge in [-0.05, 0) is 24.5 Å². The van der Waals surface area contributed by atoms with Crippen LogP contribution in [0, 0.1) is 0 Å². The second-order valence-corrected chi connectivity index (χ2v) is 3.06. The van der Waals surface area contributed by atoms with E-state index < -0.39 is 6.16 Å². The van der Waals surface area contributed by atoms with Crippen LogP contribution in [-0.2, 0) is 6.42 Å². The number of hydrogen-bond donors (Lipinski definition) is 0. The molecular formula is C11H13O3-. The van der Waals surface area contributed by atoms with Crippen molar-refractivity contribution in [3.8, 4) is 5.75 Å². The van der Waals surface area contributed by atoms with Gasteiger partial charge in [0.25, 0.3) is 6.16 Å². The molecule has 76 valence electrons. The maximum Gasteiger partial charge on any atom is 0.257 e. The minimum absolute atomic E-state index is 0.390. The molecule has 0 unspecified atom stereocenters. The molecule has 1 aromatic carbocycles. The number of rotatable bonds is 4. The first kappa shape index (κ1) is 10.6. The number of benzene rings is 1. The zero-order valence-corrected chi connectivity index (χ0v) is 8.16. The normalized spacial score (nSPS) is 9.79. The van der Waals surface area contributed by atoms with Crippen LogP contribution in [0.3, 0.4) is 0 Å². The third-order valence-electron chi connectivity index (χ3n) is 1.97. The Balaban J connectivity index is 2.74. The molecule has 3 nitrogen and oxygen atoms in total. The number of carbonyl (C=O) groups excluding carboxylic acids is 1. The van der Waals surface area contributed by atoms with Crippen LogP contribution in [0.2, 0.25) is 0 Å². The Morgan fingerprint density at radius 1 is 1.43 bits per heavy atom. The third-order valence-corrected chi connectivity index (χ3v) is 1.97. The van der Waals surface area contributed by atoms with Gasteiger partial charge in [-0.2, -0.15) is 0 Å². The van der Waals surface area contributed by atoms with Gasteiger partial charge in [-0.1, -0.05) is 31.5 Å². The Hall–Kier alpha value is -1.51. The summed E-state index contributed by atoms with van der Waals surface area (Å²) in [6, 6.07) is 7.12. The van der Waals surface area contributed by atoms with E-state index in [2.05, 4.69) is 11.7 Å². The molecule has 0 saturated carbocycles. The Kier molecular flexibility index (Phi) is 3.98. The smallest absolute Gasteiger partial charge is 0.257 e. The molecule has 0 spiro atoms. The molecule has 0 amide bonds. The van der Waals surface area contributed by atoms with Crippen molar-refractivity contribution < 1.29 is 14.6 Å². The molecule has 0 fully saturated rings. The van der Waals surface area contributed by atoms with Gasteiger partial charge >= 0.3 is 0 Å². The van der Waals surface area contributed by atoms with Gasteiger partial charge in [0.15, 0.2) is 0 Å². The average Bonchev–Trinajstić information content (AvgIpc) is 2.16. The average molecular weight is 193 g/mol. The molecule has 1 aromatic rings. The number of aryl methyl sites for hydroxylation is 1. The molecule has 0 aliphatic carbocycles. The van der Waals surface area contributed by atoms with Gasteiger partial charge in [-0.15, -0.1) is 0 Å². The van der Waals surface area contributed by atoms with Crippen molar-refractivity contribution in [1.82, 2.24) is 0 Å². The topological polar surface area (TPSA) is 49.4 Å². The maximum atomic E-state index is 10.3. The molecule has 0 heterocycles. The van der Waals surface area contributed by atoms with Crippen LogP contribution in [0.5, 0.6) is 5.75 Å². The number of unbranched alkanes of at least 4 members (excludes halogenated alkanes) is 1. The van der Waals surface area contributed by atoms with Gasteiger partial charge in [-0.3, -0.25) is 0 Å². The van der Waals surface area contributed by atoms with Crippen molar-refractivity contribution in [2.24, 2.45) is 0 Å². The molecule has 0 aliphatic rings. The highest BCUT2D eigenvalue weighted by Crippen LogP contribution is 2.19. The molecule has 0 saturated heterocycles. The third kappa shape index (κ3) is 3.09. The highest BCUT2D eigenvalue weighted by Gasteiger charge is 1.99. The lowest BCUT2D eigenvalue weighted by Crippen LogP contribution is -2.26. The summed E-state index contributed by atoms with van der Waals surface area (Å²) in [6.07, 6.45) is 1.42. The first-order valence-corrected chi connectivity index (χ1v) is 4.70. The lowest BCUT2D eigenvalue weighted by Gasteiger charge is -2.12. The number of hydrogen-bond acceptors (Lipinski definition) is 3. The van der Waals surface area contributed by atoms with Gasteiger partial charge in [-0.25, -0.2) is 0 Å². The van der Waals surface area contributed by atoms with E-state index >= 15 is 0 Å². The van der Waals surface area contributed by atoms with Crippen molar-refractivity contribution in [3.63, 3.8) is 0 Å². The Labute approximate surface area is 83.3 Å². The zero-order valence-electron chi connectivity index (χ0n) is 8.16. The van der Waals surface area contributed by atoms with Gasteiger partial charge < -0.3 is 14.6 Å². The first-order chi connectivity index (χ1) is 6.74. The first-order valence-electron chi connectivity index (χ1n) is 4.70. The maximum absolute atomic E-state index is 10.3. The SMILES string of the molecule is CCCCc1ccccc1OC(=O)[O-]. The summed E-state index contributed by atoms with van der Waals surface area (Å²) in [7, 11) is 0. The van der Waals surface area contributed by atoms with Gasteiger partial charge in [0, 0.05) is 0 Å². The number of ether oxygens (including phenoxy) is 1. The largest absolute Gasteiger partial charge is 0.514 e. The van der Waals surface area contributed by atoms with Crippen LogP contribution < -0.4 is 9.84 Å². The predicted octanol–water partition coefficient (Wildman–Crippen LogP) is 1.75. The van der Waals surface area contributed by atoms with Crippen LogP contribution in [0.25, 0.3) is 0 Å². The van der Waals surface area contributed by atoms with Crippen LogP contribution in [0.1, 0.15) is 25.3 Å². The number of para-hydroxylation sites is 1. The van der Waals surface area contributed by atoms with Gasteiger partial charge in [0.1, 0.15) is 0 Å². The van der Waals surface area contributed by atoms with Crippen molar-refractivity contribution >= 4 is 6.16 Å². The summed E-state index contributed by atoms with van der Waals surface area (Å²) >= 11 is 0. The summed E-state index contributed by atoms with van der Waals surface area (Å²) in [4.78, 5) is 10.3. The van der Waals surface area contributed by atoms with Crippen molar-refractivity contribution in [3.05, 3.63) is 29.8 Å². The zero-order chi connectivity index (χ0) is 10.4. The standard InChI is InChI=1S/C11H14O3/c1-2-3-6-9-7-4-5-8-10(9)14-11(12)13/h4-5,7-8H,2-3,6H2,1H3,(H,12,13)/p-1. The van der Waals surface area contributed by atoms with E-state index in [9.17, 15) is 9.90 Å². The fourth-order valence-electron chi connectivity index (χ4n) is 1.27. The van der Waals surface area contributed by atoms with E-state index in [0.717, 1.165) is 24.8 Å². The van der Waals surface area contributed by atoms with Crippen LogP contribution in [0.4, 0.5) is 4.79 Å². The molecule has 14 heavy (non-hydrogen) atoms. The number of carbonyl (C=O) groups is 1. The molecule has 0 aliphatic heterocycles. The Bertz CT molecular complexity index is 307. The molecule has 3 heteroatoms. The summed E-state index contributed by atoms with van der Waals surface area (Å²) in [5.41, 5.74) is 0.915. The molecular weight excluding hydrogens is 180 g/mol. The Morgan fingerprint density at radius 3 is 2.79 bits per heavy atom. The minimum Gasteiger partial charge on any atom is -0.514 e. The van der Waals surface area contributed by atoms with E-state index in [1.54, 1.807) is 12.1 Å². The van der Waals surface area contributed by atoms with E-state index in [-0.39, 0.29) is 0 Å². The highest BCUT2D eigenvalue weighted by atomic mass is 16.7. The Morgan fingerprint density at radius 2 is 2.14 bits per heavy atom. The van der Waals surface area contributed by atoms with Gasteiger partial charge in [0.05, 0.1) is 5.75 Å². The van der Waals surface area contributed by atoms with Crippen LogP contribution in [0.15, 0.2) is 24.3 Å². The molecule has 0 aromatic heterocycles. The van der Waals surface area contributed by atoms with Crippen molar-refractivity contribution in [1.29, 1.82) is 0 Å². The quantitative estimate of drug-likeness (QED) is 0.540. The van der Waals surface area contributed by atoms with E-state index in [1.165, 1.54) is 0 Å². The minimum atomic E-state index is -1.51. The molecule has 0 bridgehead atoms. The summed E-state index contributed by atoms with van der Waals surface area (Å²) in [5.74, 6) is 0.390. The monoisotopic (exact) mass is 193 g/mol. The fraction of sp³-hybridized carbons (Fsp3) is 0.364. The van der Waals surface area contributed by atoms with Crippen molar-refractivity contribution in [2.75, 3.05) is 0 Å². The summed E-state index contributed by atoms with van der Waals surface area (Å²) in [6.45, 7) is 2.09. The lowest BCUT2D eigenvalue weighted by molar-refractivity contribution is -0.271. The second-order valence-electron chi connectivity index (χ2n) is 3.06. The van der Waals surface area contributed by atoms with E-state index in [0.29, 0.717) is 5.75 Å². The van der Waals surface area contributed by atoms with Crippen LogP contribution >= 0.6 is 0 Å². The fourth-order valence-corrected chi connectivity index (χ4v) is 1.27. The van der Waals surface area contributed by atoms with E-state index in [1.807, 2.05) is 12.1 Å².